The van der Waals surface area contributed by atoms with E-state index in [1.165, 1.54) is 10.8 Å². The van der Waals surface area contributed by atoms with Crippen molar-refractivity contribution in [1.82, 2.24) is 19.6 Å². The highest BCUT2D eigenvalue weighted by molar-refractivity contribution is 6.00. The van der Waals surface area contributed by atoms with Crippen LogP contribution in [0.5, 0.6) is 0 Å². The van der Waals surface area contributed by atoms with E-state index in [1.54, 1.807) is 6.92 Å². The van der Waals surface area contributed by atoms with E-state index in [0.29, 0.717) is 11.4 Å². The molecule has 118 valence electrons. The summed E-state index contributed by atoms with van der Waals surface area (Å²) in [4.78, 5) is 32.6. The molecule has 0 aliphatic carbocycles. The molecule has 0 saturated heterocycles. The summed E-state index contributed by atoms with van der Waals surface area (Å²) in [6.07, 6.45) is 1.36. The number of aromatic amines is 1. The van der Waals surface area contributed by atoms with Crippen molar-refractivity contribution in [1.29, 1.82) is 0 Å². The summed E-state index contributed by atoms with van der Waals surface area (Å²) < 4.78 is 1.17. The lowest BCUT2D eigenvalue weighted by Crippen LogP contribution is -2.28. The van der Waals surface area contributed by atoms with Gasteiger partial charge >= 0.3 is 6.03 Å². The van der Waals surface area contributed by atoms with Crippen molar-refractivity contribution in [2.45, 2.75) is 20.8 Å². The fraction of sp³-hybridized carbons (Fsp3) is 0.200. The summed E-state index contributed by atoms with van der Waals surface area (Å²) in [7, 11) is 0. The van der Waals surface area contributed by atoms with Crippen molar-refractivity contribution in [3.05, 3.63) is 51.7 Å². The molecule has 1 aromatic carbocycles. The second-order valence-electron chi connectivity index (χ2n) is 5.30. The van der Waals surface area contributed by atoms with Crippen LogP contribution in [0.25, 0.3) is 5.78 Å². The summed E-state index contributed by atoms with van der Waals surface area (Å²) in [5.41, 5.74) is 2.82. The molecule has 3 rings (SSSR count). The number of anilines is 2. The zero-order valence-corrected chi connectivity index (χ0v) is 13.0. The number of H-pyrrole nitrogens is 1. The number of amides is 2. The van der Waals surface area contributed by atoms with Crippen molar-refractivity contribution in [3.8, 4) is 0 Å². The molecule has 0 spiro atoms. The van der Waals surface area contributed by atoms with Crippen molar-refractivity contribution < 1.29 is 4.79 Å². The predicted molar refractivity (Wildman–Crippen MR) is 86.9 cm³/mol. The molecular weight excluding hydrogens is 296 g/mol. The highest BCUT2D eigenvalue weighted by atomic mass is 16.2. The first-order chi connectivity index (χ1) is 11.0. The number of benzene rings is 1. The van der Waals surface area contributed by atoms with Crippen LogP contribution in [0.1, 0.15) is 16.8 Å². The third-order valence-corrected chi connectivity index (χ3v) is 3.48. The van der Waals surface area contributed by atoms with Gasteiger partial charge in [0.15, 0.2) is 0 Å². The average Bonchev–Trinajstić information content (AvgIpc) is 2.95. The summed E-state index contributed by atoms with van der Waals surface area (Å²) in [6.45, 7) is 5.52. The molecular formula is C15H16N6O2. The van der Waals surface area contributed by atoms with Crippen LogP contribution >= 0.6 is 0 Å². The molecule has 2 aromatic heterocycles. The molecule has 8 nitrogen and oxygen atoms in total. The monoisotopic (exact) mass is 312 g/mol. The molecule has 2 amide bonds. The van der Waals surface area contributed by atoms with Gasteiger partial charge in [-0.1, -0.05) is 17.7 Å². The first kappa shape index (κ1) is 14.8. The maximum Gasteiger partial charge on any atom is 0.323 e. The number of urea groups is 1. The van der Waals surface area contributed by atoms with Gasteiger partial charge in [0.25, 0.3) is 11.3 Å². The number of rotatable bonds is 2. The van der Waals surface area contributed by atoms with Crippen molar-refractivity contribution in [3.63, 3.8) is 0 Å². The quantitative estimate of drug-likeness (QED) is 0.673. The fourth-order valence-electron chi connectivity index (χ4n) is 2.33. The number of fused-ring (bicyclic) bond motifs is 1. The van der Waals surface area contributed by atoms with Gasteiger partial charge in [-0.15, -0.1) is 0 Å². The number of nitrogens with zero attached hydrogens (tertiary/aromatic N) is 3. The van der Waals surface area contributed by atoms with Crippen LogP contribution in [0, 0.1) is 20.8 Å². The van der Waals surface area contributed by atoms with Gasteiger partial charge in [-0.2, -0.15) is 4.52 Å². The van der Waals surface area contributed by atoms with E-state index in [2.05, 4.69) is 25.7 Å². The molecule has 23 heavy (non-hydrogen) atoms. The van der Waals surface area contributed by atoms with Crippen LogP contribution in [0.3, 0.4) is 0 Å². The highest BCUT2D eigenvalue weighted by Crippen LogP contribution is 2.16. The molecule has 0 saturated carbocycles. The van der Waals surface area contributed by atoms with E-state index in [9.17, 15) is 9.59 Å². The largest absolute Gasteiger partial charge is 0.323 e. The lowest BCUT2D eigenvalue weighted by Gasteiger charge is -2.11. The number of carbonyl (C=O) groups excluding carboxylic acids is 1. The number of hydrogen-bond acceptors (Lipinski definition) is 4. The third kappa shape index (κ3) is 2.78. The van der Waals surface area contributed by atoms with Gasteiger partial charge in [-0.3, -0.25) is 9.89 Å². The Balaban J connectivity index is 1.87. The minimum Gasteiger partial charge on any atom is -0.307 e. The smallest absolute Gasteiger partial charge is 0.307 e. The Kier molecular flexibility index (Phi) is 3.57. The maximum atomic E-state index is 12.3. The van der Waals surface area contributed by atoms with Crippen LogP contribution in [-0.2, 0) is 0 Å². The van der Waals surface area contributed by atoms with Crippen LogP contribution in [0.4, 0.5) is 16.2 Å². The van der Waals surface area contributed by atoms with Gasteiger partial charge in [-0.25, -0.2) is 14.8 Å². The topological polar surface area (TPSA) is 104 Å². The molecule has 0 bridgehead atoms. The Morgan fingerprint density at radius 2 is 2.00 bits per heavy atom. The van der Waals surface area contributed by atoms with E-state index < -0.39 is 11.6 Å². The summed E-state index contributed by atoms with van der Waals surface area (Å²) in [5, 5.41) is 7.94. The van der Waals surface area contributed by atoms with E-state index in [4.69, 9.17) is 0 Å². The molecule has 0 radical (unpaired) electrons. The van der Waals surface area contributed by atoms with Crippen LogP contribution in [0.2, 0.25) is 0 Å². The van der Waals surface area contributed by atoms with Gasteiger partial charge < -0.3 is 10.6 Å². The van der Waals surface area contributed by atoms with Gasteiger partial charge in [0.05, 0.1) is 5.69 Å². The average molecular weight is 312 g/mol. The van der Waals surface area contributed by atoms with Gasteiger partial charge in [0.2, 0.25) is 0 Å². The SMILES string of the molecule is Cc1ccc(NC(=O)Nc2c(C)nc3nc[nH]n3c2=O)c(C)c1. The molecule has 3 N–H and O–H groups in total. The normalized spacial score (nSPS) is 10.7. The second-order valence-corrected chi connectivity index (χ2v) is 5.30. The van der Waals surface area contributed by atoms with Crippen molar-refractivity contribution in [2.75, 3.05) is 10.6 Å². The van der Waals surface area contributed by atoms with Gasteiger partial charge in [-0.05, 0) is 32.4 Å². The molecule has 3 aromatic rings. The molecule has 0 aliphatic rings. The van der Waals surface area contributed by atoms with Crippen LogP contribution < -0.4 is 16.2 Å². The maximum absolute atomic E-state index is 12.3. The number of aromatic nitrogens is 4. The second kappa shape index (κ2) is 5.56. The minimum atomic E-state index is -0.501. The first-order valence-corrected chi connectivity index (χ1v) is 7.03. The van der Waals surface area contributed by atoms with Gasteiger partial charge in [0, 0.05) is 5.69 Å². The number of nitrogens with one attached hydrogen (secondary N) is 3. The Labute approximate surface area is 131 Å². The van der Waals surface area contributed by atoms with Crippen LogP contribution in [0.15, 0.2) is 29.3 Å². The van der Waals surface area contributed by atoms with Crippen LogP contribution in [-0.4, -0.2) is 25.6 Å². The Bertz CT molecular complexity index is 956. The molecule has 0 atom stereocenters. The summed E-state index contributed by atoms with van der Waals surface area (Å²) in [6, 6.07) is 5.19. The molecule has 2 heterocycles. The van der Waals surface area contributed by atoms with Crippen molar-refractivity contribution in [2.24, 2.45) is 0 Å². The molecule has 0 aliphatic heterocycles. The van der Waals surface area contributed by atoms with E-state index in [1.807, 2.05) is 32.0 Å². The molecule has 0 unspecified atom stereocenters. The van der Waals surface area contributed by atoms with Crippen molar-refractivity contribution >= 4 is 23.2 Å². The molecule has 0 fully saturated rings. The minimum absolute atomic E-state index is 0.106. The summed E-state index contributed by atoms with van der Waals surface area (Å²) >= 11 is 0. The molecule has 8 heteroatoms. The number of carbonyl (C=O) groups is 1. The lowest BCUT2D eigenvalue weighted by molar-refractivity contribution is 0.262. The van der Waals surface area contributed by atoms with E-state index in [0.717, 1.165) is 11.1 Å². The Hall–Kier alpha value is -3.16. The Morgan fingerprint density at radius 1 is 1.22 bits per heavy atom. The number of hydrogen-bond donors (Lipinski definition) is 3. The number of aryl methyl sites for hydroxylation is 3. The third-order valence-electron chi connectivity index (χ3n) is 3.48. The van der Waals surface area contributed by atoms with E-state index in [-0.39, 0.29) is 11.5 Å². The highest BCUT2D eigenvalue weighted by Gasteiger charge is 2.14. The van der Waals surface area contributed by atoms with E-state index >= 15 is 0 Å². The lowest BCUT2D eigenvalue weighted by atomic mass is 10.1. The standard InChI is InChI=1S/C15H16N6O2/c1-8-4-5-11(9(2)6-8)19-15(23)20-12-10(3)18-14-16-7-17-21(14)13(12)22/h4-7H,1-3H3,(H,16,17,18)(H2,19,20,23). The zero-order chi connectivity index (χ0) is 16.6. The Morgan fingerprint density at radius 3 is 2.74 bits per heavy atom. The fourth-order valence-corrected chi connectivity index (χ4v) is 2.33. The van der Waals surface area contributed by atoms with Gasteiger partial charge in [0.1, 0.15) is 12.0 Å². The zero-order valence-electron chi connectivity index (χ0n) is 13.0. The summed E-state index contributed by atoms with van der Waals surface area (Å²) in [5.74, 6) is 0.257. The predicted octanol–water partition coefficient (Wildman–Crippen LogP) is 1.99. The first-order valence-electron chi connectivity index (χ1n) is 7.03.